The summed E-state index contributed by atoms with van der Waals surface area (Å²) >= 11 is 0. The Bertz CT molecular complexity index is 778. The predicted molar refractivity (Wildman–Crippen MR) is 103 cm³/mol. The topological polar surface area (TPSA) is 61.8 Å². The first-order chi connectivity index (χ1) is 13.1. The fourth-order valence-electron chi connectivity index (χ4n) is 3.77. The number of carbonyl (C=O) groups excluding carboxylic acids is 1. The van der Waals surface area contributed by atoms with Gasteiger partial charge in [-0.05, 0) is 48.6 Å². The zero-order valence-electron chi connectivity index (χ0n) is 15.4. The molecule has 4 rings (SSSR count). The van der Waals surface area contributed by atoms with Crippen molar-refractivity contribution >= 4 is 5.91 Å². The Morgan fingerprint density at radius 3 is 2.63 bits per heavy atom. The minimum Gasteiger partial charge on any atom is -0.489 e. The highest BCUT2D eigenvalue weighted by molar-refractivity contribution is 5.78. The number of piperidine rings is 1. The average Bonchev–Trinajstić information content (AvgIpc) is 3.37. The summed E-state index contributed by atoms with van der Waals surface area (Å²) in [7, 11) is 0. The number of benzene rings is 2. The highest BCUT2D eigenvalue weighted by Crippen LogP contribution is 2.48. The second-order valence-corrected chi connectivity index (χ2v) is 7.70. The van der Waals surface area contributed by atoms with Gasteiger partial charge in [0, 0.05) is 13.1 Å². The summed E-state index contributed by atoms with van der Waals surface area (Å²) in [5, 5.41) is 13.2. The van der Waals surface area contributed by atoms with Crippen molar-refractivity contribution in [3.8, 4) is 5.75 Å². The number of ether oxygens (including phenoxy) is 1. The summed E-state index contributed by atoms with van der Waals surface area (Å²) in [5.41, 5.74) is 1.64. The minimum absolute atomic E-state index is 0.00851. The molecule has 0 spiro atoms. The molecular formula is C22H26N2O3. The molecule has 1 saturated carbocycles. The van der Waals surface area contributed by atoms with E-state index in [0.717, 1.165) is 36.3 Å². The summed E-state index contributed by atoms with van der Waals surface area (Å²) in [6.07, 6.45) is 1.89. The van der Waals surface area contributed by atoms with Gasteiger partial charge in [0.25, 0.3) is 0 Å². The largest absolute Gasteiger partial charge is 0.489 e. The van der Waals surface area contributed by atoms with E-state index in [1.165, 1.54) is 0 Å². The van der Waals surface area contributed by atoms with Gasteiger partial charge in [0.1, 0.15) is 12.4 Å². The fourth-order valence-corrected chi connectivity index (χ4v) is 3.77. The number of para-hydroxylation sites is 1. The number of β-amino-alcohol motifs (C(OH)–C–C–N with tert-alkyl or cyclic N) is 1. The van der Waals surface area contributed by atoms with Gasteiger partial charge in [-0.3, -0.25) is 9.69 Å². The van der Waals surface area contributed by atoms with Crippen LogP contribution in [0.2, 0.25) is 0 Å². The average molecular weight is 366 g/mol. The van der Waals surface area contributed by atoms with E-state index in [1.54, 1.807) is 0 Å². The second kappa shape index (κ2) is 7.71. The van der Waals surface area contributed by atoms with Gasteiger partial charge in [0.2, 0.25) is 5.91 Å². The quantitative estimate of drug-likeness (QED) is 0.790. The van der Waals surface area contributed by atoms with E-state index < -0.39 is 5.60 Å². The molecule has 142 valence electrons. The van der Waals surface area contributed by atoms with Crippen molar-refractivity contribution < 1.29 is 14.6 Å². The normalized spacial score (nSPS) is 24.1. The zero-order chi connectivity index (χ0) is 18.7. The number of hydrogen-bond donors (Lipinski definition) is 2. The Morgan fingerprint density at radius 2 is 1.89 bits per heavy atom. The summed E-state index contributed by atoms with van der Waals surface area (Å²) in [4.78, 5) is 14.2. The van der Waals surface area contributed by atoms with E-state index in [9.17, 15) is 9.90 Å². The van der Waals surface area contributed by atoms with Crippen LogP contribution in [-0.4, -0.2) is 41.1 Å². The second-order valence-electron chi connectivity index (χ2n) is 7.70. The Hall–Kier alpha value is -2.37. The molecule has 2 fully saturated rings. The Morgan fingerprint density at radius 1 is 1.15 bits per heavy atom. The third kappa shape index (κ3) is 4.67. The lowest BCUT2D eigenvalue weighted by atomic mass is 10.1. The minimum atomic E-state index is -0.518. The molecule has 27 heavy (non-hydrogen) atoms. The molecule has 1 amide bonds. The van der Waals surface area contributed by atoms with E-state index >= 15 is 0 Å². The van der Waals surface area contributed by atoms with E-state index in [0.29, 0.717) is 32.2 Å². The Labute approximate surface area is 160 Å². The molecule has 1 aliphatic heterocycles. The number of aliphatic hydroxyl groups is 1. The van der Waals surface area contributed by atoms with Crippen LogP contribution in [0.1, 0.15) is 24.0 Å². The number of nitrogens with one attached hydrogen (secondary N) is 1. The lowest BCUT2D eigenvalue weighted by molar-refractivity contribution is -0.123. The standard InChI is InChI=1S/C22H26N2O3/c25-21(14-24-11-10-19-12-22(19,26)16-24)23-13-17-6-8-18(9-7-17)15-27-20-4-2-1-3-5-20/h1-9,19,26H,10-16H2,(H,23,25)/t19-,22+/m1/s1. The molecule has 0 radical (unpaired) electrons. The van der Waals surface area contributed by atoms with Crippen LogP contribution >= 0.6 is 0 Å². The highest BCUT2D eigenvalue weighted by atomic mass is 16.5. The van der Waals surface area contributed by atoms with Gasteiger partial charge in [0.05, 0.1) is 12.1 Å². The third-order valence-electron chi connectivity index (χ3n) is 5.52. The van der Waals surface area contributed by atoms with Crippen molar-refractivity contribution in [1.29, 1.82) is 0 Å². The molecule has 0 unspecified atom stereocenters. The number of likely N-dealkylation sites (tertiary alicyclic amines) is 1. The van der Waals surface area contributed by atoms with E-state index in [2.05, 4.69) is 10.2 Å². The van der Waals surface area contributed by atoms with Crippen molar-refractivity contribution in [2.45, 2.75) is 31.6 Å². The van der Waals surface area contributed by atoms with E-state index in [4.69, 9.17) is 4.74 Å². The van der Waals surface area contributed by atoms with Crippen LogP contribution in [0.15, 0.2) is 54.6 Å². The van der Waals surface area contributed by atoms with Crippen molar-refractivity contribution in [1.82, 2.24) is 10.2 Å². The predicted octanol–water partition coefficient (Wildman–Crippen LogP) is 2.34. The molecule has 5 heteroatoms. The van der Waals surface area contributed by atoms with Gasteiger partial charge in [-0.15, -0.1) is 0 Å². The van der Waals surface area contributed by atoms with Gasteiger partial charge in [-0.1, -0.05) is 42.5 Å². The number of hydrogen-bond acceptors (Lipinski definition) is 4. The molecule has 1 heterocycles. The van der Waals surface area contributed by atoms with Crippen LogP contribution in [0.3, 0.4) is 0 Å². The van der Waals surface area contributed by atoms with Crippen LogP contribution in [0.4, 0.5) is 0 Å². The number of amides is 1. The van der Waals surface area contributed by atoms with Gasteiger partial charge < -0.3 is 15.2 Å². The first-order valence-corrected chi connectivity index (χ1v) is 9.58. The lowest BCUT2D eigenvalue weighted by Crippen LogP contribution is -2.45. The molecule has 0 bridgehead atoms. The number of rotatable bonds is 7. The number of fused-ring (bicyclic) bond motifs is 1. The van der Waals surface area contributed by atoms with Crippen LogP contribution in [0, 0.1) is 5.92 Å². The van der Waals surface area contributed by atoms with Crippen LogP contribution in [-0.2, 0) is 17.9 Å². The zero-order valence-corrected chi connectivity index (χ0v) is 15.4. The monoisotopic (exact) mass is 366 g/mol. The smallest absolute Gasteiger partial charge is 0.234 e. The molecule has 0 aromatic heterocycles. The van der Waals surface area contributed by atoms with Gasteiger partial charge in [-0.25, -0.2) is 0 Å². The summed E-state index contributed by atoms with van der Waals surface area (Å²) in [5.74, 6) is 1.32. The number of nitrogens with zero attached hydrogens (tertiary/aromatic N) is 1. The van der Waals surface area contributed by atoms with Gasteiger partial charge in [0.15, 0.2) is 0 Å². The van der Waals surface area contributed by atoms with Crippen molar-refractivity contribution in [2.24, 2.45) is 5.92 Å². The maximum absolute atomic E-state index is 12.2. The van der Waals surface area contributed by atoms with Crippen LogP contribution in [0.5, 0.6) is 5.75 Å². The summed E-state index contributed by atoms with van der Waals surface area (Å²) in [6.45, 7) is 2.92. The van der Waals surface area contributed by atoms with Crippen molar-refractivity contribution in [3.63, 3.8) is 0 Å². The maximum atomic E-state index is 12.2. The fraction of sp³-hybridized carbons (Fsp3) is 0.409. The van der Waals surface area contributed by atoms with Crippen molar-refractivity contribution in [2.75, 3.05) is 19.6 Å². The van der Waals surface area contributed by atoms with Gasteiger partial charge >= 0.3 is 0 Å². The molecule has 2 aromatic carbocycles. The van der Waals surface area contributed by atoms with Crippen LogP contribution in [0.25, 0.3) is 0 Å². The molecule has 5 nitrogen and oxygen atoms in total. The highest BCUT2D eigenvalue weighted by Gasteiger charge is 2.55. The SMILES string of the molecule is O=C(CN1CC[C@@H]2C[C@]2(O)C1)NCc1ccc(COc2ccccc2)cc1. The Kier molecular flexibility index (Phi) is 5.14. The molecule has 2 atom stereocenters. The third-order valence-corrected chi connectivity index (χ3v) is 5.52. The lowest BCUT2D eigenvalue weighted by Gasteiger charge is -2.29. The van der Waals surface area contributed by atoms with E-state index in [-0.39, 0.29) is 5.91 Å². The van der Waals surface area contributed by atoms with Gasteiger partial charge in [-0.2, -0.15) is 0 Å². The summed E-state index contributed by atoms with van der Waals surface area (Å²) in [6, 6.07) is 17.8. The molecule has 1 saturated heterocycles. The molecule has 2 aliphatic rings. The first-order valence-electron chi connectivity index (χ1n) is 9.58. The summed E-state index contributed by atoms with van der Waals surface area (Å²) < 4.78 is 5.74. The van der Waals surface area contributed by atoms with Crippen molar-refractivity contribution in [3.05, 3.63) is 65.7 Å². The molecular weight excluding hydrogens is 340 g/mol. The van der Waals surface area contributed by atoms with E-state index in [1.807, 2.05) is 54.6 Å². The molecule has 2 aromatic rings. The molecule has 2 N–H and O–H groups in total. The first kappa shape index (κ1) is 18.0. The molecule has 1 aliphatic carbocycles. The maximum Gasteiger partial charge on any atom is 0.234 e. The van der Waals surface area contributed by atoms with Crippen LogP contribution < -0.4 is 10.1 Å². The Balaban J connectivity index is 1.20. The number of carbonyl (C=O) groups is 1.